The molecule has 5 rings (SSSR count). The van der Waals surface area contributed by atoms with Crippen molar-refractivity contribution in [3.8, 4) is 5.75 Å². The molecule has 1 aromatic carbocycles. The van der Waals surface area contributed by atoms with Crippen LogP contribution < -0.4 is 15.8 Å². The Labute approximate surface area is 209 Å². The summed E-state index contributed by atoms with van der Waals surface area (Å²) in [7, 11) is 3.87. The van der Waals surface area contributed by atoms with E-state index < -0.39 is 0 Å². The number of anilines is 2. The summed E-state index contributed by atoms with van der Waals surface area (Å²) in [5, 5.41) is 11.9. The first-order chi connectivity index (χ1) is 17.4. The van der Waals surface area contributed by atoms with Gasteiger partial charge in [-0.05, 0) is 25.6 Å². The second kappa shape index (κ2) is 10.1. The summed E-state index contributed by atoms with van der Waals surface area (Å²) in [4.78, 5) is 17.9. The van der Waals surface area contributed by atoms with Crippen molar-refractivity contribution in [2.75, 3.05) is 51.4 Å². The monoisotopic (exact) mass is 492 g/mol. The van der Waals surface area contributed by atoms with Crippen LogP contribution in [0.4, 0.5) is 11.8 Å². The molecule has 12 nitrogen and oxygen atoms in total. The topological polar surface area (TPSA) is 136 Å². The number of nitrogen functional groups attached to an aromatic ring is 1. The van der Waals surface area contributed by atoms with Crippen LogP contribution in [-0.2, 0) is 19.6 Å². The Morgan fingerprint density at radius 2 is 1.89 bits per heavy atom. The Bertz CT molecular complexity index is 1360. The second-order valence-electron chi connectivity index (χ2n) is 9.18. The molecule has 1 saturated heterocycles. The highest BCUT2D eigenvalue weighted by atomic mass is 16.5. The van der Waals surface area contributed by atoms with Gasteiger partial charge in [-0.2, -0.15) is 15.1 Å². The largest absolute Gasteiger partial charge is 0.496 e. The van der Waals surface area contributed by atoms with Gasteiger partial charge in [-0.25, -0.2) is 4.98 Å². The SMILES string of the molecule is COc1cc(CN2CCN(C)CC2)ccc1Cn1nc(C)c2nc(N)nc(NCc3noc(C)n3)c21. The number of nitrogens with zero attached hydrogens (tertiary/aromatic N) is 8. The maximum atomic E-state index is 6.00. The van der Waals surface area contributed by atoms with Crippen LogP contribution in [0.15, 0.2) is 22.7 Å². The minimum Gasteiger partial charge on any atom is -0.496 e. The molecule has 36 heavy (non-hydrogen) atoms. The first-order valence-corrected chi connectivity index (χ1v) is 12.0. The first-order valence-electron chi connectivity index (χ1n) is 12.0. The van der Waals surface area contributed by atoms with Gasteiger partial charge in [-0.1, -0.05) is 17.3 Å². The summed E-state index contributed by atoms with van der Waals surface area (Å²) in [6.07, 6.45) is 0. The van der Waals surface area contributed by atoms with Crippen LogP contribution in [0.3, 0.4) is 0 Å². The molecule has 0 radical (unpaired) electrons. The maximum absolute atomic E-state index is 6.00. The fourth-order valence-electron chi connectivity index (χ4n) is 4.50. The third kappa shape index (κ3) is 5.09. The fraction of sp³-hybridized carbons (Fsp3) is 0.458. The van der Waals surface area contributed by atoms with Crippen LogP contribution in [0, 0.1) is 13.8 Å². The van der Waals surface area contributed by atoms with Gasteiger partial charge in [0, 0.05) is 45.2 Å². The van der Waals surface area contributed by atoms with Gasteiger partial charge in [-0.15, -0.1) is 0 Å². The number of nitrogens with two attached hydrogens (primary N) is 1. The van der Waals surface area contributed by atoms with Crippen molar-refractivity contribution in [2.24, 2.45) is 0 Å². The van der Waals surface area contributed by atoms with Crippen LogP contribution in [0.2, 0.25) is 0 Å². The Balaban J connectivity index is 1.41. The molecule has 1 fully saturated rings. The van der Waals surface area contributed by atoms with Crippen LogP contribution in [0.5, 0.6) is 5.75 Å². The Hall–Kier alpha value is -3.77. The van der Waals surface area contributed by atoms with E-state index in [2.05, 4.69) is 60.5 Å². The first kappa shape index (κ1) is 23.9. The molecule has 4 aromatic rings. The average Bonchev–Trinajstić information content (AvgIpc) is 3.42. The number of fused-ring (bicyclic) bond motifs is 1. The number of likely N-dealkylation sites (N-methyl/N-ethyl adjacent to an activating group) is 1. The highest BCUT2D eigenvalue weighted by molar-refractivity contribution is 5.88. The summed E-state index contributed by atoms with van der Waals surface area (Å²) in [5.41, 5.74) is 10.5. The van der Waals surface area contributed by atoms with Crippen LogP contribution in [0.25, 0.3) is 11.0 Å². The van der Waals surface area contributed by atoms with E-state index in [-0.39, 0.29) is 5.95 Å². The maximum Gasteiger partial charge on any atom is 0.223 e. The summed E-state index contributed by atoms with van der Waals surface area (Å²) in [5.74, 6) is 2.59. The van der Waals surface area contributed by atoms with Crippen molar-refractivity contribution in [1.29, 1.82) is 0 Å². The molecule has 0 amide bonds. The van der Waals surface area contributed by atoms with E-state index in [0.717, 1.165) is 55.2 Å². The van der Waals surface area contributed by atoms with Gasteiger partial charge >= 0.3 is 0 Å². The predicted molar refractivity (Wildman–Crippen MR) is 136 cm³/mol. The molecule has 1 aliphatic rings. The van der Waals surface area contributed by atoms with E-state index in [1.165, 1.54) is 5.56 Å². The van der Waals surface area contributed by atoms with E-state index in [1.807, 2.05) is 11.6 Å². The minimum absolute atomic E-state index is 0.169. The van der Waals surface area contributed by atoms with Gasteiger partial charge in [0.2, 0.25) is 11.8 Å². The lowest BCUT2D eigenvalue weighted by molar-refractivity contribution is 0.148. The molecular weight excluding hydrogens is 460 g/mol. The molecule has 190 valence electrons. The summed E-state index contributed by atoms with van der Waals surface area (Å²) in [6.45, 7) is 9.72. The van der Waals surface area contributed by atoms with E-state index >= 15 is 0 Å². The van der Waals surface area contributed by atoms with Crippen molar-refractivity contribution in [3.05, 3.63) is 46.7 Å². The molecule has 4 heterocycles. The number of ether oxygens (including phenoxy) is 1. The van der Waals surface area contributed by atoms with Gasteiger partial charge in [0.05, 0.1) is 25.9 Å². The lowest BCUT2D eigenvalue weighted by Gasteiger charge is -2.32. The molecular formula is C24H32N10O2. The predicted octanol–water partition coefficient (Wildman–Crippen LogP) is 1.82. The highest BCUT2D eigenvalue weighted by Crippen LogP contribution is 2.28. The molecule has 0 bridgehead atoms. The summed E-state index contributed by atoms with van der Waals surface area (Å²) >= 11 is 0. The number of nitrogens with one attached hydrogen (secondary N) is 1. The van der Waals surface area contributed by atoms with Crippen molar-refractivity contribution < 1.29 is 9.26 Å². The molecule has 0 saturated carbocycles. The number of rotatable bonds is 8. The normalized spacial score (nSPS) is 15.0. The fourth-order valence-corrected chi connectivity index (χ4v) is 4.50. The number of methoxy groups -OCH3 is 1. The highest BCUT2D eigenvalue weighted by Gasteiger charge is 2.19. The molecule has 0 aliphatic carbocycles. The number of aryl methyl sites for hydroxylation is 2. The number of benzene rings is 1. The Morgan fingerprint density at radius 3 is 2.61 bits per heavy atom. The molecule has 3 aromatic heterocycles. The van der Waals surface area contributed by atoms with Gasteiger partial charge in [0.1, 0.15) is 16.8 Å². The molecule has 0 unspecified atom stereocenters. The number of hydrogen-bond donors (Lipinski definition) is 2. The van der Waals surface area contributed by atoms with Gasteiger partial charge in [0.15, 0.2) is 11.6 Å². The van der Waals surface area contributed by atoms with Crippen LogP contribution in [0.1, 0.15) is 28.5 Å². The van der Waals surface area contributed by atoms with E-state index in [9.17, 15) is 0 Å². The zero-order valence-corrected chi connectivity index (χ0v) is 21.2. The van der Waals surface area contributed by atoms with Crippen molar-refractivity contribution in [2.45, 2.75) is 33.5 Å². The number of aromatic nitrogens is 6. The molecule has 0 atom stereocenters. The van der Waals surface area contributed by atoms with Crippen LogP contribution in [-0.4, -0.2) is 80.0 Å². The number of piperazine rings is 1. The van der Waals surface area contributed by atoms with Crippen molar-refractivity contribution in [1.82, 2.24) is 39.7 Å². The summed E-state index contributed by atoms with van der Waals surface area (Å²) < 4.78 is 12.7. The third-order valence-corrected chi connectivity index (χ3v) is 6.43. The lowest BCUT2D eigenvalue weighted by atomic mass is 10.1. The van der Waals surface area contributed by atoms with Crippen molar-refractivity contribution >= 4 is 22.8 Å². The number of hydrogen-bond acceptors (Lipinski definition) is 11. The van der Waals surface area contributed by atoms with E-state index in [4.69, 9.17) is 20.1 Å². The molecule has 12 heteroatoms. The Morgan fingerprint density at radius 1 is 1.08 bits per heavy atom. The van der Waals surface area contributed by atoms with Crippen LogP contribution >= 0.6 is 0 Å². The smallest absolute Gasteiger partial charge is 0.223 e. The zero-order chi connectivity index (χ0) is 25.2. The minimum atomic E-state index is 0.169. The van der Waals surface area contributed by atoms with Gasteiger partial charge < -0.3 is 25.2 Å². The molecule has 0 spiro atoms. The molecule has 3 N–H and O–H groups in total. The summed E-state index contributed by atoms with van der Waals surface area (Å²) in [6, 6.07) is 6.40. The lowest BCUT2D eigenvalue weighted by Crippen LogP contribution is -2.43. The van der Waals surface area contributed by atoms with E-state index in [1.54, 1.807) is 14.0 Å². The van der Waals surface area contributed by atoms with Gasteiger partial charge in [-0.3, -0.25) is 9.58 Å². The standard InChI is InChI=1S/C24H32N10O2/c1-15-21-22(23(29-24(25)28-21)26-12-20-27-16(2)36-31-20)34(30-15)14-18-6-5-17(11-19(18)35-4)13-33-9-7-32(3)8-10-33/h5-6,11H,7-10,12-14H2,1-4H3,(H3,25,26,28,29). The molecule has 1 aliphatic heterocycles. The zero-order valence-electron chi connectivity index (χ0n) is 21.2. The average molecular weight is 493 g/mol. The second-order valence-corrected chi connectivity index (χ2v) is 9.18. The quantitative estimate of drug-likeness (QED) is 0.373. The third-order valence-electron chi connectivity index (χ3n) is 6.43. The Kier molecular flexibility index (Phi) is 6.70. The van der Waals surface area contributed by atoms with Crippen molar-refractivity contribution in [3.63, 3.8) is 0 Å². The van der Waals surface area contributed by atoms with E-state index in [0.29, 0.717) is 36.1 Å². The van der Waals surface area contributed by atoms with Gasteiger partial charge in [0.25, 0.3) is 0 Å².